The number of H-pyrrole nitrogens is 1. The molecule has 0 saturated heterocycles. The zero-order chi connectivity index (χ0) is 10.7. The Morgan fingerprint density at radius 3 is 2.87 bits per heavy atom. The van der Waals surface area contributed by atoms with Crippen LogP contribution in [0.3, 0.4) is 0 Å². The number of nitrogens with one attached hydrogen (secondary N) is 2. The van der Waals surface area contributed by atoms with Crippen LogP contribution in [0.15, 0.2) is 30.7 Å². The predicted octanol–water partition coefficient (Wildman–Crippen LogP) is 2.12. The van der Waals surface area contributed by atoms with Crippen LogP contribution in [0.1, 0.15) is 18.8 Å². The average Bonchev–Trinajstić information content (AvgIpc) is 2.74. The fourth-order valence-corrected chi connectivity index (χ4v) is 1.27. The van der Waals surface area contributed by atoms with Crippen molar-refractivity contribution >= 4 is 5.82 Å². The van der Waals surface area contributed by atoms with E-state index in [0.717, 1.165) is 5.82 Å². The molecule has 4 nitrogen and oxygen atoms in total. The van der Waals surface area contributed by atoms with Gasteiger partial charge in [-0.25, -0.2) is 14.4 Å². The number of pyridine rings is 1. The molecule has 0 aliphatic heterocycles. The van der Waals surface area contributed by atoms with E-state index in [4.69, 9.17) is 0 Å². The lowest BCUT2D eigenvalue weighted by Gasteiger charge is -2.11. The predicted molar refractivity (Wildman–Crippen MR) is 54.8 cm³/mol. The maximum absolute atomic E-state index is 12.6. The highest BCUT2D eigenvalue weighted by atomic mass is 19.1. The summed E-state index contributed by atoms with van der Waals surface area (Å²) in [7, 11) is 0. The lowest BCUT2D eigenvalue weighted by Crippen LogP contribution is -2.09. The van der Waals surface area contributed by atoms with E-state index in [0.29, 0.717) is 5.82 Å². The third-order valence-electron chi connectivity index (χ3n) is 2.02. The minimum atomic E-state index is -0.341. The molecule has 2 rings (SSSR count). The van der Waals surface area contributed by atoms with Crippen molar-refractivity contribution in [2.45, 2.75) is 13.0 Å². The molecule has 0 bridgehead atoms. The Morgan fingerprint density at radius 1 is 1.40 bits per heavy atom. The molecule has 15 heavy (non-hydrogen) atoms. The number of nitrogens with zero attached hydrogens (tertiary/aromatic N) is 2. The SMILES string of the molecule is CC(Nc1ccc(F)cn1)c1ncc[nH]1. The fraction of sp³-hybridized carbons (Fsp3) is 0.200. The Hall–Kier alpha value is -1.91. The van der Waals surface area contributed by atoms with Crippen LogP contribution >= 0.6 is 0 Å². The molecule has 2 N–H and O–H groups in total. The Bertz CT molecular complexity index is 409. The van der Waals surface area contributed by atoms with E-state index in [-0.39, 0.29) is 11.9 Å². The van der Waals surface area contributed by atoms with E-state index >= 15 is 0 Å². The van der Waals surface area contributed by atoms with E-state index < -0.39 is 0 Å². The molecule has 0 aliphatic rings. The van der Waals surface area contributed by atoms with Crippen LogP contribution in [-0.2, 0) is 0 Å². The molecule has 0 aliphatic carbocycles. The van der Waals surface area contributed by atoms with Gasteiger partial charge in [0, 0.05) is 12.4 Å². The van der Waals surface area contributed by atoms with Crippen molar-refractivity contribution in [3.63, 3.8) is 0 Å². The summed E-state index contributed by atoms with van der Waals surface area (Å²) in [6.07, 6.45) is 4.62. The average molecular weight is 206 g/mol. The van der Waals surface area contributed by atoms with Gasteiger partial charge >= 0.3 is 0 Å². The Morgan fingerprint density at radius 2 is 2.27 bits per heavy atom. The number of rotatable bonds is 3. The molecule has 2 aromatic rings. The molecule has 0 saturated carbocycles. The largest absolute Gasteiger partial charge is 0.360 e. The minimum absolute atomic E-state index is 0.0120. The first kappa shape index (κ1) is 9.64. The lowest BCUT2D eigenvalue weighted by atomic mass is 10.3. The Balaban J connectivity index is 2.06. The highest BCUT2D eigenvalue weighted by Gasteiger charge is 2.07. The molecule has 0 amide bonds. The molecular weight excluding hydrogens is 195 g/mol. The van der Waals surface area contributed by atoms with Gasteiger partial charge in [0.15, 0.2) is 0 Å². The summed E-state index contributed by atoms with van der Waals surface area (Å²) in [6, 6.07) is 2.97. The zero-order valence-electron chi connectivity index (χ0n) is 8.24. The van der Waals surface area contributed by atoms with Gasteiger partial charge in [-0.2, -0.15) is 0 Å². The number of anilines is 1. The van der Waals surface area contributed by atoms with Gasteiger partial charge in [-0.3, -0.25) is 0 Å². The second kappa shape index (κ2) is 4.08. The third kappa shape index (κ3) is 2.31. The first-order chi connectivity index (χ1) is 7.25. The van der Waals surface area contributed by atoms with Gasteiger partial charge in [-0.15, -0.1) is 0 Å². The van der Waals surface area contributed by atoms with Gasteiger partial charge in [0.05, 0.1) is 12.2 Å². The maximum atomic E-state index is 12.6. The van der Waals surface area contributed by atoms with Gasteiger partial charge in [0.25, 0.3) is 0 Å². The van der Waals surface area contributed by atoms with Crippen molar-refractivity contribution < 1.29 is 4.39 Å². The van der Waals surface area contributed by atoms with Crippen molar-refractivity contribution in [2.24, 2.45) is 0 Å². The van der Waals surface area contributed by atoms with Crippen LogP contribution in [-0.4, -0.2) is 15.0 Å². The lowest BCUT2D eigenvalue weighted by molar-refractivity contribution is 0.621. The van der Waals surface area contributed by atoms with Crippen LogP contribution in [0, 0.1) is 5.82 Å². The quantitative estimate of drug-likeness (QED) is 0.808. The summed E-state index contributed by atoms with van der Waals surface area (Å²) in [5, 5.41) is 3.10. The van der Waals surface area contributed by atoms with Gasteiger partial charge in [-0.05, 0) is 19.1 Å². The molecule has 5 heteroatoms. The van der Waals surface area contributed by atoms with E-state index in [1.165, 1.54) is 12.3 Å². The molecule has 1 unspecified atom stereocenters. The van der Waals surface area contributed by atoms with Crippen molar-refractivity contribution in [1.82, 2.24) is 15.0 Å². The summed E-state index contributed by atoms with van der Waals surface area (Å²) in [6.45, 7) is 1.95. The number of aromatic amines is 1. The van der Waals surface area contributed by atoms with E-state index in [1.54, 1.807) is 18.5 Å². The summed E-state index contributed by atoms with van der Waals surface area (Å²) >= 11 is 0. The molecule has 2 heterocycles. The van der Waals surface area contributed by atoms with Crippen molar-refractivity contribution in [3.8, 4) is 0 Å². The topological polar surface area (TPSA) is 53.6 Å². The molecular formula is C10H11FN4. The molecule has 0 spiro atoms. The number of imidazole rings is 1. The molecule has 0 fully saturated rings. The molecule has 0 aromatic carbocycles. The first-order valence-corrected chi connectivity index (χ1v) is 4.63. The fourth-order valence-electron chi connectivity index (χ4n) is 1.27. The Kier molecular flexibility index (Phi) is 2.62. The first-order valence-electron chi connectivity index (χ1n) is 4.63. The molecule has 1 atom stereocenters. The van der Waals surface area contributed by atoms with Crippen molar-refractivity contribution in [2.75, 3.05) is 5.32 Å². The summed E-state index contributed by atoms with van der Waals surface area (Å²) in [4.78, 5) is 11.0. The highest BCUT2D eigenvalue weighted by Crippen LogP contribution is 2.13. The maximum Gasteiger partial charge on any atom is 0.141 e. The summed E-state index contributed by atoms with van der Waals surface area (Å²) < 4.78 is 12.6. The smallest absolute Gasteiger partial charge is 0.141 e. The van der Waals surface area contributed by atoms with Crippen LogP contribution in [0.4, 0.5) is 10.2 Å². The van der Waals surface area contributed by atoms with Crippen LogP contribution in [0.2, 0.25) is 0 Å². The highest BCUT2D eigenvalue weighted by molar-refractivity contribution is 5.35. The molecule has 2 aromatic heterocycles. The zero-order valence-corrected chi connectivity index (χ0v) is 8.24. The van der Waals surface area contributed by atoms with Crippen LogP contribution in [0.5, 0.6) is 0 Å². The number of hydrogen-bond donors (Lipinski definition) is 2. The number of halogens is 1. The van der Waals surface area contributed by atoms with Gasteiger partial charge < -0.3 is 10.3 Å². The van der Waals surface area contributed by atoms with Gasteiger partial charge in [0.2, 0.25) is 0 Å². The standard InChI is InChI=1S/C10H11FN4/c1-7(10-12-4-5-13-10)15-9-3-2-8(11)6-14-9/h2-7H,1H3,(H,12,13)(H,14,15). The van der Waals surface area contributed by atoms with Crippen molar-refractivity contribution in [1.29, 1.82) is 0 Å². The second-order valence-corrected chi connectivity index (χ2v) is 3.20. The monoisotopic (exact) mass is 206 g/mol. The summed E-state index contributed by atoms with van der Waals surface area (Å²) in [5.74, 6) is 1.10. The van der Waals surface area contributed by atoms with Gasteiger partial charge in [-0.1, -0.05) is 0 Å². The van der Waals surface area contributed by atoms with E-state index in [2.05, 4.69) is 20.3 Å². The number of hydrogen-bond acceptors (Lipinski definition) is 3. The minimum Gasteiger partial charge on any atom is -0.360 e. The third-order valence-corrected chi connectivity index (χ3v) is 2.02. The van der Waals surface area contributed by atoms with E-state index in [9.17, 15) is 4.39 Å². The van der Waals surface area contributed by atoms with Crippen LogP contribution < -0.4 is 5.32 Å². The van der Waals surface area contributed by atoms with E-state index in [1.807, 2.05) is 6.92 Å². The van der Waals surface area contributed by atoms with Crippen molar-refractivity contribution in [3.05, 3.63) is 42.4 Å². The second-order valence-electron chi connectivity index (χ2n) is 3.20. The molecule has 78 valence electrons. The van der Waals surface area contributed by atoms with Gasteiger partial charge in [0.1, 0.15) is 17.5 Å². The number of aromatic nitrogens is 3. The Labute approximate surface area is 86.6 Å². The summed E-state index contributed by atoms with van der Waals surface area (Å²) in [5.41, 5.74) is 0. The molecule has 0 radical (unpaired) electrons. The normalized spacial score (nSPS) is 12.4. The van der Waals surface area contributed by atoms with Crippen LogP contribution in [0.25, 0.3) is 0 Å².